The minimum absolute atomic E-state index is 0.122. The van der Waals surface area contributed by atoms with Gasteiger partial charge in [0, 0.05) is 4.47 Å². The lowest BCUT2D eigenvalue weighted by atomic mass is 9.68. The third-order valence-electron chi connectivity index (χ3n) is 8.33. The Kier molecular flexibility index (Phi) is 4.81. The second kappa shape index (κ2) is 6.76. The number of fused-ring (bicyclic) bond motifs is 1. The number of hydrogen-bond donors (Lipinski definition) is 0. The topological polar surface area (TPSA) is 26.3 Å². The highest BCUT2D eigenvalue weighted by Crippen LogP contribution is 2.71. The molecule has 2 bridgehead atoms. The molecule has 4 rings (SSSR count). The highest BCUT2D eigenvalue weighted by Gasteiger charge is 2.63. The molecule has 0 N–H and O–H groups in total. The average Bonchev–Trinajstić information content (AvgIpc) is 3.06. The zero-order valence-corrected chi connectivity index (χ0v) is 18.5. The molecule has 0 aromatic heterocycles. The lowest BCUT2D eigenvalue weighted by molar-refractivity contribution is -0.142. The summed E-state index contributed by atoms with van der Waals surface area (Å²) < 4.78 is 6.22. The maximum atomic E-state index is 12.6. The molecule has 3 aliphatic carbocycles. The number of ether oxygens (including phenoxy) is 1. The van der Waals surface area contributed by atoms with Crippen molar-refractivity contribution in [3.63, 3.8) is 0 Å². The van der Waals surface area contributed by atoms with Crippen molar-refractivity contribution in [1.82, 2.24) is 0 Å². The zero-order valence-electron chi connectivity index (χ0n) is 16.9. The third-order valence-corrected chi connectivity index (χ3v) is 8.86. The van der Waals surface area contributed by atoms with Crippen LogP contribution < -0.4 is 0 Å². The van der Waals surface area contributed by atoms with E-state index in [4.69, 9.17) is 4.74 Å². The first kappa shape index (κ1) is 19.2. The van der Waals surface area contributed by atoms with E-state index in [1.807, 2.05) is 24.3 Å². The van der Waals surface area contributed by atoms with Gasteiger partial charge >= 0.3 is 5.97 Å². The number of carbonyl (C=O) groups excluding carboxylic acids is 1. The molecule has 0 radical (unpaired) electrons. The molecule has 1 aromatic carbocycles. The molecule has 0 unspecified atom stereocenters. The van der Waals surface area contributed by atoms with Crippen LogP contribution in [-0.4, -0.2) is 13.1 Å². The first-order chi connectivity index (χ1) is 12.8. The largest absolute Gasteiger partial charge is 0.469 e. The summed E-state index contributed by atoms with van der Waals surface area (Å²) in [5.74, 6) is 1.91. The van der Waals surface area contributed by atoms with Gasteiger partial charge in [0.1, 0.15) is 0 Å². The molecule has 0 amide bonds. The molecule has 0 saturated heterocycles. The highest BCUT2D eigenvalue weighted by atomic mass is 79.9. The van der Waals surface area contributed by atoms with E-state index in [1.54, 1.807) is 0 Å². The van der Waals surface area contributed by atoms with Crippen molar-refractivity contribution in [3.05, 3.63) is 46.0 Å². The van der Waals surface area contributed by atoms with E-state index in [0.717, 1.165) is 28.3 Å². The number of rotatable bonds is 4. The number of hydrogen-bond acceptors (Lipinski definition) is 2. The van der Waals surface area contributed by atoms with Gasteiger partial charge in [0.25, 0.3) is 0 Å². The molecule has 3 heteroatoms. The Morgan fingerprint density at radius 2 is 1.96 bits per heavy atom. The van der Waals surface area contributed by atoms with Crippen LogP contribution in [0.2, 0.25) is 0 Å². The van der Waals surface area contributed by atoms with E-state index in [-0.39, 0.29) is 11.9 Å². The number of halogens is 1. The van der Waals surface area contributed by atoms with E-state index >= 15 is 0 Å². The molecule has 27 heavy (non-hydrogen) atoms. The van der Waals surface area contributed by atoms with Gasteiger partial charge in [-0.2, -0.15) is 0 Å². The van der Waals surface area contributed by atoms with Gasteiger partial charge in [0.2, 0.25) is 0 Å². The van der Waals surface area contributed by atoms with Crippen molar-refractivity contribution >= 4 is 21.9 Å². The van der Waals surface area contributed by atoms with Gasteiger partial charge in [-0.25, -0.2) is 0 Å². The lowest BCUT2D eigenvalue weighted by Gasteiger charge is -2.37. The molecular formula is C24H31BrO2. The van der Waals surface area contributed by atoms with Gasteiger partial charge in [-0.15, -0.1) is 0 Å². The van der Waals surface area contributed by atoms with Crippen molar-refractivity contribution in [2.75, 3.05) is 7.11 Å². The summed E-state index contributed by atoms with van der Waals surface area (Å²) in [5, 5.41) is 0. The van der Waals surface area contributed by atoms with E-state index < -0.39 is 0 Å². The number of benzene rings is 1. The molecule has 1 spiro atoms. The Bertz CT molecular complexity index is 763. The fourth-order valence-corrected chi connectivity index (χ4v) is 7.08. The second-order valence-corrected chi connectivity index (χ2v) is 10.6. The van der Waals surface area contributed by atoms with Gasteiger partial charge in [-0.05, 0) is 78.4 Å². The quantitative estimate of drug-likeness (QED) is 0.402. The lowest BCUT2D eigenvalue weighted by Crippen LogP contribution is -2.30. The van der Waals surface area contributed by atoms with Gasteiger partial charge in [0.15, 0.2) is 0 Å². The Morgan fingerprint density at radius 1 is 1.26 bits per heavy atom. The van der Waals surface area contributed by atoms with E-state index in [2.05, 4.69) is 42.8 Å². The molecule has 2 nitrogen and oxygen atoms in total. The van der Waals surface area contributed by atoms with Crippen molar-refractivity contribution in [2.24, 2.45) is 28.6 Å². The standard InChI is InChI=1S/C24H31BrO2/c1-15-5-10-21-23(2,3)20-14-24(15,21)12-11-17(20)13-19(22(26)27-4)16-6-8-18(25)9-7-16/h6-9,11,15,19-21H,5,10,12-14H2,1-4H3/t15-,19-,20+,21+,24+/m1/s1. The Hall–Kier alpha value is -1.09. The van der Waals surface area contributed by atoms with Gasteiger partial charge in [-0.3, -0.25) is 4.79 Å². The van der Waals surface area contributed by atoms with Gasteiger partial charge in [0.05, 0.1) is 13.0 Å². The van der Waals surface area contributed by atoms with Crippen molar-refractivity contribution < 1.29 is 9.53 Å². The fourth-order valence-electron chi connectivity index (χ4n) is 6.81. The van der Waals surface area contributed by atoms with E-state index in [9.17, 15) is 4.79 Å². The van der Waals surface area contributed by atoms with E-state index in [1.165, 1.54) is 38.4 Å². The monoisotopic (exact) mass is 430 g/mol. The summed E-state index contributed by atoms with van der Waals surface area (Å²) in [6.07, 6.45) is 8.56. The van der Waals surface area contributed by atoms with Crippen LogP contribution in [-0.2, 0) is 9.53 Å². The maximum Gasteiger partial charge on any atom is 0.313 e. The first-order valence-electron chi connectivity index (χ1n) is 10.3. The summed E-state index contributed by atoms with van der Waals surface area (Å²) in [6, 6.07) is 8.13. The summed E-state index contributed by atoms with van der Waals surface area (Å²) in [7, 11) is 1.50. The maximum absolute atomic E-state index is 12.6. The summed E-state index contributed by atoms with van der Waals surface area (Å²) in [5.41, 5.74) is 3.38. The van der Waals surface area contributed by atoms with Crippen LogP contribution in [0.4, 0.5) is 0 Å². The Labute approximate surface area is 171 Å². The number of carbonyl (C=O) groups is 1. The SMILES string of the molecule is COC(=O)[C@H](CC1=CC[C@@]23C[C@@H]1C(C)(C)[C@@H]2CC[C@H]3C)c1ccc(Br)cc1. The minimum Gasteiger partial charge on any atom is -0.469 e. The summed E-state index contributed by atoms with van der Waals surface area (Å²) >= 11 is 3.49. The zero-order chi connectivity index (χ0) is 19.4. The predicted octanol–water partition coefficient (Wildman–Crippen LogP) is 6.50. The highest BCUT2D eigenvalue weighted by molar-refractivity contribution is 9.10. The van der Waals surface area contributed by atoms with Gasteiger partial charge < -0.3 is 4.74 Å². The molecule has 146 valence electrons. The Balaban J connectivity index is 1.65. The van der Waals surface area contributed by atoms with Crippen molar-refractivity contribution in [1.29, 1.82) is 0 Å². The van der Waals surface area contributed by atoms with Crippen LogP contribution in [0.25, 0.3) is 0 Å². The smallest absolute Gasteiger partial charge is 0.313 e. The van der Waals surface area contributed by atoms with Crippen molar-refractivity contribution in [3.8, 4) is 0 Å². The molecule has 0 heterocycles. The normalized spacial score (nSPS) is 34.7. The molecular weight excluding hydrogens is 400 g/mol. The van der Waals surface area contributed by atoms with Crippen LogP contribution in [0.1, 0.15) is 64.4 Å². The van der Waals surface area contributed by atoms with E-state index in [0.29, 0.717) is 16.7 Å². The number of allylic oxidation sites excluding steroid dienone is 2. The molecule has 2 saturated carbocycles. The summed E-state index contributed by atoms with van der Waals surface area (Å²) in [4.78, 5) is 12.6. The number of methoxy groups -OCH3 is 1. The fraction of sp³-hybridized carbons (Fsp3) is 0.625. The third kappa shape index (κ3) is 2.92. The molecule has 0 aliphatic heterocycles. The van der Waals surface area contributed by atoms with Crippen LogP contribution in [0.5, 0.6) is 0 Å². The van der Waals surface area contributed by atoms with Crippen molar-refractivity contribution in [2.45, 2.75) is 58.8 Å². The van der Waals surface area contributed by atoms with Crippen LogP contribution in [0.15, 0.2) is 40.4 Å². The van der Waals surface area contributed by atoms with Crippen LogP contribution in [0, 0.1) is 28.6 Å². The summed E-state index contributed by atoms with van der Waals surface area (Å²) in [6.45, 7) is 7.43. The molecule has 5 atom stereocenters. The van der Waals surface area contributed by atoms with Crippen LogP contribution >= 0.6 is 15.9 Å². The first-order valence-corrected chi connectivity index (χ1v) is 11.1. The Morgan fingerprint density at radius 3 is 2.63 bits per heavy atom. The van der Waals surface area contributed by atoms with Crippen LogP contribution in [0.3, 0.4) is 0 Å². The molecule has 3 aliphatic rings. The van der Waals surface area contributed by atoms with Gasteiger partial charge in [-0.1, -0.05) is 60.5 Å². The molecule has 2 fully saturated rings. The predicted molar refractivity (Wildman–Crippen MR) is 112 cm³/mol. The molecule has 1 aromatic rings. The average molecular weight is 431 g/mol. The second-order valence-electron chi connectivity index (χ2n) is 9.66. The minimum atomic E-state index is -0.211. The number of esters is 1.